The first-order valence-electron chi connectivity index (χ1n) is 5.94. The Morgan fingerprint density at radius 1 is 1.56 bits per heavy atom. The zero-order valence-corrected chi connectivity index (χ0v) is 10.8. The van der Waals surface area contributed by atoms with Crippen molar-refractivity contribution in [1.82, 2.24) is 4.90 Å². The summed E-state index contributed by atoms with van der Waals surface area (Å²) >= 11 is 0. The van der Waals surface area contributed by atoms with Gasteiger partial charge in [0.1, 0.15) is 6.10 Å². The van der Waals surface area contributed by atoms with Crippen LogP contribution in [0.2, 0.25) is 0 Å². The van der Waals surface area contributed by atoms with Crippen molar-refractivity contribution in [2.45, 2.75) is 33.3 Å². The van der Waals surface area contributed by atoms with Crippen molar-refractivity contribution in [3.63, 3.8) is 0 Å². The summed E-state index contributed by atoms with van der Waals surface area (Å²) in [6.45, 7) is 8.15. The maximum Gasteiger partial charge on any atom is 0.251 e. The van der Waals surface area contributed by atoms with E-state index in [1.807, 2.05) is 7.05 Å². The minimum absolute atomic E-state index is 0.0355. The summed E-state index contributed by atoms with van der Waals surface area (Å²) in [5, 5.41) is 0. The molecule has 4 nitrogen and oxygen atoms in total. The number of nitrogens with zero attached hydrogens (tertiary/aromatic N) is 1. The van der Waals surface area contributed by atoms with Crippen LogP contribution in [-0.4, -0.2) is 43.7 Å². The Hall–Kier alpha value is -0.610. The van der Waals surface area contributed by atoms with E-state index in [0.29, 0.717) is 25.6 Å². The smallest absolute Gasteiger partial charge is 0.251 e. The monoisotopic (exact) mass is 228 g/mol. The predicted octanol–water partition coefficient (Wildman–Crippen LogP) is 0.855. The molecular weight excluding hydrogens is 204 g/mol. The second kappa shape index (κ2) is 5.15. The summed E-state index contributed by atoms with van der Waals surface area (Å²) < 4.78 is 5.47. The van der Waals surface area contributed by atoms with E-state index >= 15 is 0 Å². The van der Waals surface area contributed by atoms with Crippen molar-refractivity contribution in [3.05, 3.63) is 0 Å². The molecule has 4 heteroatoms. The molecule has 0 saturated carbocycles. The maximum absolute atomic E-state index is 12.1. The van der Waals surface area contributed by atoms with Crippen LogP contribution in [0.1, 0.15) is 27.2 Å². The lowest BCUT2D eigenvalue weighted by Crippen LogP contribution is -2.45. The highest BCUT2D eigenvalue weighted by molar-refractivity contribution is 5.81. The van der Waals surface area contributed by atoms with Crippen LogP contribution in [0.15, 0.2) is 0 Å². The number of amides is 1. The third-order valence-electron chi connectivity index (χ3n) is 3.22. The van der Waals surface area contributed by atoms with Gasteiger partial charge in [0.05, 0.1) is 0 Å². The molecule has 1 rings (SSSR count). The van der Waals surface area contributed by atoms with Gasteiger partial charge in [-0.1, -0.05) is 20.8 Å². The van der Waals surface area contributed by atoms with Gasteiger partial charge in [-0.2, -0.15) is 0 Å². The Morgan fingerprint density at radius 2 is 2.19 bits per heavy atom. The van der Waals surface area contributed by atoms with Crippen molar-refractivity contribution in [2.24, 2.45) is 17.1 Å². The Labute approximate surface area is 98.1 Å². The molecule has 1 aliphatic heterocycles. The van der Waals surface area contributed by atoms with Crippen LogP contribution in [0.4, 0.5) is 0 Å². The summed E-state index contributed by atoms with van der Waals surface area (Å²) in [6, 6.07) is 0. The van der Waals surface area contributed by atoms with Gasteiger partial charge in [0.25, 0.3) is 5.91 Å². The van der Waals surface area contributed by atoms with E-state index in [4.69, 9.17) is 10.5 Å². The topological polar surface area (TPSA) is 55.6 Å². The van der Waals surface area contributed by atoms with Crippen molar-refractivity contribution < 1.29 is 9.53 Å². The van der Waals surface area contributed by atoms with Crippen LogP contribution in [0.25, 0.3) is 0 Å². The van der Waals surface area contributed by atoms with E-state index in [-0.39, 0.29) is 17.4 Å². The number of ether oxygens (including phenoxy) is 1. The van der Waals surface area contributed by atoms with E-state index in [0.717, 1.165) is 6.42 Å². The molecule has 1 amide bonds. The van der Waals surface area contributed by atoms with Crippen molar-refractivity contribution in [2.75, 3.05) is 26.7 Å². The van der Waals surface area contributed by atoms with Crippen LogP contribution in [0, 0.1) is 11.3 Å². The summed E-state index contributed by atoms with van der Waals surface area (Å²) in [4.78, 5) is 13.9. The molecule has 1 saturated heterocycles. The Bertz CT molecular complexity index is 253. The fraction of sp³-hybridized carbons (Fsp3) is 0.917. The minimum atomic E-state index is -0.251. The van der Waals surface area contributed by atoms with E-state index in [9.17, 15) is 4.79 Å². The highest BCUT2D eigenvalue weighted by atomic mass is 16.5. The Morgan fingerprint density at radius 3 is 2.62 bits per heavy atom. The van der Waals surface area contributed by atoms with E-state index < -0.39 is 0 Å². The number of carbonyl (C=O) groups is 1. The third-order valence-corrected chi connectivity index (χ3v) is 3.22. The zero-order chi connectivity index (χ0) is 12.3. The number of nitrogens with two attached hydrogens (primary N) is 1. The molecule has 0 bridgehead atoms. The van der Waals surface area contributed by atoms with Crippen LogP contribution < -0.4 is 5.73 Å². The quantitative estimate of drug-likeness (QED) is 0.776. The van der Waals surface area contributed by atoms with Crippen molar-refractivity contribution in [3.8, 4) is 0 Å². The standard InChI is InChI=1S/C12H24N2O2/c1-9-5-6-16-10(9)11(15)14(4)8-12(2,3)7-13/h9-10H,5-8,13H2,1-4H3. The van der Waals surface area contributed by atoms with Gasteiger partial charge in [-0.15, -0.1) is 0 Å². The summed E-state index contributed by atoms with van der Waals surface area (Å²) in [5.74, 6) is 0.419. The Balaban J connectivity index is 2.53. The second-order valence-electron chi connectivity index (χ2n) is 5.62. The van der Waals surface area contributed by atoms with Crippen LogP contribution in [0.5, 0.6) is 0 Å². The number of rotatable bonds is 4. The van der Waals surface area contributed by atoms with Gasteiger partial charge in [0.15, 0.2) is 0 Å². The van der Waals surface area contributed by atoms with Gasteiger partial charge in [-0.3, -0.25) is 4.79 Å². The van der Waals surface area contributed by atoms with E-state index in [1.54, 1.807) is 4.90 Å². The van der Waals surface area contributed by atoms with Gasteiger partial charge >= 0.3 is 0 Å². The summed E-state index contributed by atoms with van der Waals surface area (Å²) in [5.41, 5.74) is 5.63. The first-order valence-corrected chi connectivity index (χ1v) is 5.94. The Kier molecular flexibility index (Phi) is 4.33. The molecule has 16 heavy (non-hydrogen) atoms. The lowest BCUT2D eigenvalue weighted by atomic mass is 9.92. The summed E-state index contributed by atoms with van der Waals surface area (Å²) in [6.07, 6.45) is 0.725. The SMILES string of the molecule is CC1CCOC1C(=O)N(C)CC(C)(C)CN. The first kappa shape index (κ1) is 13.5. The lowest BCUT2D eigenvalue weighted by molar-refractivity contribution is -0.142. The van der Waals surface area contributed by atoms with Gasteiger partial charge in [0, 0.05) is 20.2 Å². The number of carbonyl (C=O) groups excluding carboxylic acids is 1. The van der Waals surface area contributed by atoms with Gasteiger partial charge in [0.2, 0.25) is 0 Å². The average molecular weight is 228 g/mol. The third kappa shape index (κ3) is 3.19. The maximum atomic E-state index is 12.1. The fourth-order valence-corrected chi connectivity index (χ4v) is 2.01. The molecule has 1 fully saturated rings. The van der Waals surface area contributed by atoms with E-state index in [1.165, 1.54) is 0 Å². The predicted molar refractivity (Wildman–Crippen MR) is 64.0 cm³/mol. The number of hydrogen-bond donors (Lipinski definition) is 1. The van der Waals surface area contributed by atoms with Gasteiger partial charge < -0.3 is 15.4 Å². The van der Waals surface area contributed by atoms with Crippen molar-refractivity contribution >= 4 is 5.91 Å². The second-order valence-corrected chi connectivity index (χ2v) is 5.62. The first-order chi connectivity index (χ1) is 7.37. The van der Waals surface area contributed by atoms with Gasteiger partial charge in [-0.25, -0.2) is 0 Å². The molecule has 94 valence electrons. The minimum Gasteiger partial charge on any atom is -0.368 e. The molecule has 2 unspecified atom stereocenters. The molecule has 0 aromatic heterocycles. The highest BCUT2D eigenvalue weighted by Gasteiger charge is 2.34. The molecule has 1 aliphatic rings. The molecule has 2 atom stereocenters. The molecule has 0 aromatic carbocycles. The van der Waals surface area contributed by atoms with E-state index in [2.05, 4.69) is 20.8 Å². The molecule has 2 N–H and O–H groups in total. The normalized spacial score (nSPS) is 25.8. The zero-order valence-electron chi connectivity index (χ0n) is 10.8. The number of likely N-dealkylation sites (N-methyl/N-ethyl adjacent to an activating group) is 1. The average Bonchev–Trinajstić information content (AvgIpc) is 2.62. The van der Waals surface area contributed by atoms with Crippen molar-refractivity contribution in [1.29, 1.82) is 0 Å². The lowest BCUT2D eigenvalue weighted by Gasteiger charge is -2.31. The molecule has 1 heterocycles. The van der Waals surface area contributed by atoms with Gasteiger partial charge in [-0.05, 0) is 24.3 Å². The molecule has 0 radical (unpaired) electrons. The molecule has 0 aliphatic carbocycles. The van der Waals surface area contributed by atoms with Crippen LogP contribution in [-0.2, 0) is 9.53 Å². The summed E-state index contributed by atoms with van der Waals surface area (Å²) in [7, 11) is 1.83. The van der Waals surface area contributed by atoms with Crippen LogP contribution in [0.3, 0.4) is 0 Å². The highest BCUT2D eigenvalue weighted by Crippen LogP contribution is 2.23. The number of hydrogen-bond acceptors (Lipinski definition) is 3. The molecule has 0 aromatic rings. The van der Waals surface area contributed by atoms with Crippen LogP contribution >= 0.6 is 0 Å². The largest absolute Gasteiger partial charge is 0.368 e. The fourth-order valence-electron chi connectivity index (χ4n) is 2.01. The molecule has 0 spiro atoms. The molecular formula is C12H24N2O2.